The summed E-state index contributed by atoms with van der Waals surface area (Å²) in [6.07, 6.45) is 1.24. The van der Waals surface area contributed by atoms with Gasteiger partial charge in [-0.2, -0.15) is 0 Å². The van der Waals surface area contributed by atoms with E-state index in [2.05, 4.69) is 11.6 Å². The molecule has 1 rings (SSSR count). The van der Waals surface area contributed by atoms with Gasteiger partial charge in [-0.1, -0.05) is 0 Å². The fraction of sp³-hybridized carbons (Fsp3) is 0. The van der Waals surface area contributed by atoms with Crippen LogP contribution in [0.3, 0.4) is 0 Å². The summed E-state index contributed by atoms with van der Waals surface area (Å²) in [6.45, 7) is 0. The minimum absolute atomic E-state index is 0.344. The van der Waals surface area contributed by atoms with Crippen molar-refractivity contribution in [3.05, 3.63) is 24.4 Å². The maximum atomic E-state index is 10.9. The van der Waals surface area contributed by atoms with E-state index in [0.29, 0.717) is 0 Å². The van der Waals surface area contributed by atoms with Crippen LogP contribution in [0.2, 0.25) is 0 Å². The number of hydrogen-bond donors (Lipinski definition) is 1. The van der Waals surface area contributed by atoms with Gasteiger partial charge in [0.1, 0.15) is 0 Å². The predicted octanol–water partition coefficient (Wildman–Crippen LogP) is -0.181. The topological polar surface area (TPSA) is 120 Å². The van der Waals surface area contributed by atoms with Crippen molar-refractivity contribution in [3.8, 4) is 5.88 Å². The molecule has 1 heterocycles. The molecule has 1 aromatic rings. The van der Waals surface area contributed by atoms with Gasteiger partial charge in [-0.3, -0.25) is 0 Å². The molecule has 1 N–H and O–H groups in total. The van der Waals surface area contributed by atoms with Gasteiger partial charge >= 0.3 is 88.5 Å². The quantitative estimate of drug-likeness (QED) is 0.812. The molecule has 0 aliphatic heterocycles. The van der Waals surface area contributed by atoms with E-state index in [1.54, 1.807) is 0 Å². The Hall–Kier alpha value is -0.865. The van der Waals surface area contributed by atoms with Crippen LogP contribution in [0.25, 0.3) is 0 Å². The molecule has 8 nitrogen and oxygen atoms in total. The van der Waals surface area contributed by atoms with Crippen LogP contribution in [0, 0.1) is 0 Å². The summed E-state index contributed by atoms with van der Waals surface area (Å²) in [5, 5.41) is 0. The zero-order valence-electron chi connectivity index (χ0n) is 6.97. The average molecular weight is 295 g/mol. The van der Waals surface area contributed by atoms with Gasteiger partial charge in [0.2, 0.25) is 0 Å². The monoisotopic (exact) mass is 295 g/mol. The molecule has 0 bridgehead atoms. The second kappa shape index (κ2) is 4.33. The summed E-state index contributed by atoms with van der Waals surface area (Å²) in [7, 11) is 0. The van der Waals surface area contributed by atoms with Gasteiger partial charge < -0.3 is 0 Å². The van der Waals surface area contributed by atoms with Crippen molar-refractivity contribution in [1.82, 2.24) is 4.98 Å². The third-order valence-corrected chi connectivity index (χ3v) is 4.29. The van der Waals surface area contributed by atoms with Gasteiger partial charge in [0, 0.05) is 0 Å². The molecule has 10 heteroatoms. The van der Waals surface area contributed by atoms with Crippen LogP contribution in [-0.4, -0.2) is 9.14 Å². The number of aromatic nitrogens is 1. The Kier molecular flexibility index (Phi) is 3.52. The van der Waals surface area contributed by atoms with E-state index in [1.807, 2.05) is 0 Å². The molecule has 0 aliphatic rings. The minimum atomic E-state index is -5.83. The van der Waals surface area contributed by atoms with Crippen molar-refractivity contribution in [2.24, 2.45) is 0 Å². The molecule has 0 radical (unpaired) electrons. The third-order valence-electron chi connectivity index (χ3n) is 0.995. The van der Waals surface area contributed by atoms with Crippen molar-refractivity contribution in [1.29, 1.82) is 0 Å². The van der Waals surface area contributed by atoms with E-state index in [1.165, 1.54) is 24.4 Å². The Bertz CT molecular complexity index is 520. The standard InChI is InChI=1S/C5H5NO.2Cr.H2O.5O/c7-5-3-1-2-4-6-5;;;;;;;;/h1-4H,(H,6,7);;;1H2;;;;;/q;2*+1;;;;;;/p-2. The second-order valence-corrected chi connectivity index (χ2v) is 6.12. The SMILES string of the molecule is [O]=[Cr](=[O])([OH])[O][Cr](=[O])(=[O])[O]c1ccccn1. The van der Waals surface area contributed by atoms with Gasteiger partial charge in [0.05, 0.1) is 0 Å². The fourth-order valence-corrected chi connectivity index (χ4v) is 3.01. The molecule has 0 unspecified atom stereocenters. The molecule has 0 amide bonds. The molecule has 0 saturated carbocycles. The van der Waals surface area contributed by atoms with Crippen LogP contribution in [0.1, 0.15) is 0 Å². The van der Waals surface area contributed by atoms with Crippen LogP contribution >= 0.6 is 0 Å². The Balaban J connectivity index is 2.83. The van der Waals surface area contributed by atoms with Gasteiger partial charge in [0.25, 0.3) is 0 Å². The normalized spacial score (nSPS) is 12.3. The van der Waals surface area contributed by atoms with Gasteiger partial charge in [-0.05, 0) is 0 Å². The molecule has 15 heavy (non-hydrogen) atoms. The molecule has 0 atom stereocenters. The van der Waals surface area contributed by atoms with Crippen LogP contribution < -0.4 is 3.79 Å². The predicted molar refractivity (Wildman–Crippen MR) is 30.9 cm³/mol. The van der Waals surface area contributed by atoms with Crippen LogP contribution in [0.4, 0.5) is 0 Å². The van der Waals surface area contributed by atoms with Crippen LogP contribution in [-0.2, 0) is 45.3 Å². The second-order valence-electron chi connectivity index (χ2n) is 2.16. The van der Waals surface area contributed by atoms with Crippen LogP contribution in [0.15, 0.2) is 24.4 Å². The van der Waals surface area contributed by atoms with Crippen molar-refractivity contribution in [3.63, 3.8) is 0 Å². The summed E-state index contributed by atoms with van der Waals surface area (Å²) in [6, 6.07) is 4.11. The van der Waals surface area contributed by atoms with Gasteiger partial charge in [-0.15, -0.1) is 0 Å². The Morgan fingerprint density at radius 2 is 1.87 bits per heavy atom. The van der Waals surface area contributed by atoms with E-state index in [-0.39, 0.29) is 5.88 Å². The third kappa shape index (κ3) is 4.95. The first-order chi connectivity index (χ1) is 6.79. The Morgan fingerprint density at radius 1 is 1.20 bits per heavy atom. The zero-order chi connectivity index (χ0) is 11.5. The average Bonchev–Trinajstić information content (AvgIpc) is 1.99. The number of hydrogen-bond acceptors (Lipinski definition) is 7. The Labute approximate surface area is 88.6 Å². The van der Waals surface area contributed by atoms with Crippen molar-refractivity contribution in [2.75, 3.05) is 0 Å². The van der Waals surface area contributed by atoms with E-state index in [0.717, 1.165) is 0 Å². The van der Waals surface area contributed by atoms with E-state index < -0.39 is 27.2 Å². The summed E-state index contributed by atoms with van der Waals surface area (Å²) >= 11 is -11.5. The Morgan fingerprint density at radius 3 is 2.33 bits per heavy atom. The summed E-state index contributed by atoms with van der Waals surface area (Å²) in [4.78, 5) is 3.46. The fourth-order valence-electron chi connectivity index (χ4n) is 0.620. The molecule has 84 valence electrons. The first-order valence-electron chi connectivity index (χ1n) is 3.32. The number of nitrogens with zero attached hydrogens (tertiary/aromatic N) is 1. The maximum absolute atomic E-state index is 10.9. The number of pyridine rings is 1. The number of rotatable bonds is 4. The van der Waals surface area contributed by atoms with Crippen molar-refractivity contribution >= 4 is 0 Å². The summed E-state index contributed by atoms with van der Waals surface area (Å²) < 4.78 is 57.9. The van der Waals surface area contributed by atoms with E-state index >= 15 is 0 Å². The van der Waals surface area contributed by atoms with E-state index in [9.17, 15) is 15.2 Å². The molecular formula is C5H5Cr2NO7. The van der Waals surface area contributed by atoms with Crippen molar-refractivity contribution < 1.29 is 53.2 Å². The molecular weight excluding hydrogens is 290 g/mol. The molecule has 0 spiro atoms. The molecule has 1 aromatic heterocycles. The first-order valence-corrected chi connectivity index (χ1v) is 7.54. The van der Waals surface area contributed by atoms with Crippen molar-refractivity contribution in [2.45, 2.75) is 0 Å². The van der Waals surface area contributed by atoms with E-state index in [4.69, 9.17) is 4.16 Å². The zero-order valence-corrected chi connectivity index (χ0v) is 9.52. The van der Waals surface area contributed by atoms with Gasteiger partial charge in [0.15, 0.2) is 0 Å². The molecule has 0 aromatic carbocycles. The molecule has 0 saturated heterocycles. The summed E-state index contributed by atoms with van der Waals surface area (Å²) in [5.74, 6) is -0.344. The van der Waals surface area contributed by atoms with Crippen LogP contribution in [0.5, 0.6) is 5.88 Å². The summed E-state index contributed by atoms with van der Waals surface area (Å²) in [5.41, 5.74) is 0. The van der Waals surface area contributed by atoms with Gasteiger partial charge in [-0.25, -0.2) is 0 Å². The first kappa shape index (κ1) is 12.2. The molecule has 0 aliphatic carbocycles. The molecule has 0 fully saturated rings.